The van der Waals surface area contributed by atoms with Gasteiger partial charge in [-0.3, -0.25) is 9.78 Å². The van der Waals surface area contributed by atoms with E-state index >= 15 is 0 Å². The lowest BCUT2D eigenvalue weighted by Crippen LogP contribution is -2.29. The Labute approximate surface area is 83.3 Å². The van der Waals surface area contributed by atoms with E-state index in [0.29, 0.717) is 0 Å². The summed E-state index contributed by atoms with van der Waals surface area (Å²) in [5.74, 6) is -0.121. The molecule has 14 heavy (non-hydrogen) atoms. The van der Waals surface area contributed by atoms with E-state index in [1.807, 2.05) is 19.1 Å². The van der Waals surface area contributed by atoms with Crippen LogP contribution in [-0.2, 0) is 9.53 Å². The molecule has 1 atom stereocenters. The van der Waals surface area contributed by atoms with Crippen molar-refractivity contribution in [2.45, 2.75) is 13.0 Å². The van der Waals surface area contributed by atoms with Crippen LogP contribution in [0.1, 0.15) is 18.5 Å². The summed E-state index contributed by atoms with van der Waals surface area (Å²) < 4.78 is 4.71. The van der Waals surface area contributed by atoms with E-state index in [2.05, 4.69) is 10.3 Å². The van der Waals surface area contributed by atoms with Crippen LogP contribution in [0.5, 0.6) is 0 Å². The fourth-order valence-electron chi connectivity index (χ4n) is 1.13. The molecule has 1 heterocycles. The zero-order chi connectivity index (χ0) is 10.4. The van der Waals surface area contributed by atoms with Crippen molar-refractivity contribution in [1.82, 2.24) is 10.3 Å². The van der Waals surface area contributed by atoms with Crippen LogP contribution in [0.4, 0.5) is 0 Å². The molecule has 0 aliphatic carbocycles. The molecule has 0 spiro atoms. The number of nitrogens with one attached hydrogen (secondary N) is 1. The van der Waals surface area contributed by atoms with Gasteiger partial charge in [0, 0.05) is 19.5 Å². The highest BCUT2D eigenvalue weighted by Gasteiger charge is 2.08. The SMILES string of the molecule is COCC(=O)N[C@H](C)c1cccnc1. The van der Waals surface area contributed by atoms with Gasteiger partial charge in [0.1, 0.15) is 6.61 Å². The van der Waals surface area contributed by atoms with E-state index in [1.54, 1.807) is 12.4 Å². The summed E-state index contributed by atoms with van der Waals surface area (Å²) in [4.78, 5) is 15.1. The highest BCUT2D eigenvalue weighted by molar-refractivity contribution is 5.77. The van der Waals surface area contributed by atoms with Gasteiger partial charge in [0.2, 0.25) is 5.91 Å². The predicted octanol–water partition coefficient (Wildman–Crippen LogP) is 0.905. The molecule has 1 N–H and O–H groups in total. The van der Waals surface area contributed by atoms with Crippen molar-refractivity contribution < 1.29 is 9.53 Å². The normalized spacial score (nSPS) is 12.1. The number of hydrogen-bond donors (Lipinski definition) is 1. The number of carbonyl (C=O) groups excluding carboxylic acids is 1. The monoisotopic (exact) mass is 194 g/mol. The first kappa shape index (κ1) is 10.7. The molecule has 0 saturated heterocycles. The molecular formula is C10H14N2O2. The Bertz CT molecular complexity index is 287. The third-order valence-corrected chi connectivity index (χ3v) is 1.84. The smallest absolute Gasteiger partial charge is 0.246 e. The number of ether oxygens (including phenoxy) is 1. The molecule has 4 nitrogen and oxygen atoms in total. The molecule has 0 saturated carbocycles. The van der Waals surface area contributed by atoms with Crippen molar-refractivity contribution in [3.8, 4) is 0 Å². The Kier molecular flexibility index (Phi) is 4.07. The van der Waals surface area contributed by atoms with E-state index in [9.17, 15) is 4.79 Å². The van der Waals surface area contributed by atoms with Crippen LogP contribution in [0.25, 0.3) is 0 Å². The molecule has 1 rings (SSSR count). The fourth-order valence-corrected chi connectivity index (χ4v) is 1.13. The third-order valence-electron chi connectivity index (χ3n) is 1.84. The van der Waals surface area contributed by atoms with Gasteiger partial charge in [0.05, 0.1) is 6.04 Å². The van der Waals surface area contributed by atoms with Crippen molar-refractivity contribution in [2.24, 2.45) is 0 Å². The number of methoxy groups -OCH3 is 1. The van der Waals surface area contributed by atoms with Gasteiger partial charge in [-0.25, -0.2) is 0 Å². The first-order valence-electron chi connectivity index (χ1n) is 4.42. The zero-order valence-corrected chi connectivity index (χ0v) is 8.36. The molecule has 0 aliphatic heterocycles. The lowest BCUT2D eigenvalue weighted by atomic mass is 10.1. The topological polar surface area (TPSA) is 51.2 Å². The van der Waals surface area contributed by atoms with E-state index in [1.165, 1.54) is 7.11 Å². The first-order valence-corrected chi connectivity index (χ1v) is 4.42. The van der Waals surface area contributed by atoms with Crippen LogP contribution in [-0.4, -0.2) is 24.6 Å². The molecule has 1 aromatic heterocycles. The average Bonchev–Trinajstić information content (AvgIpc) is 2.19. The van der Waals surface area contributed by atoms with Crippen molar-refractivity contribution in [3.63, 3.8) is 0 Å². The van der Waals surface area contributed by atoms with Gasteiger partial charge in [0.15, 0.2) is 0 Å². The van der Waals surface area contributed by atoms with Gasteiger partial charge >= 0.3 is 0 Å². The second-order valence-corrected chi connectivity index (χ2v) is 3.01. The van der Waals surface area contributed by atoms with E-state index in [-0.39, 0.29) is 18.6 Å². The summed E-state index contributed by atoms with van der Waals surface area (Å²) in [6.07, 6.45) is 3.44. The Morgan fingerprint density at radius 1 is 1.71 bits per heavy atom. The number of aromatic nitrogens is 1. The standard InChI is InChI=1S/C10H14N2O2/c1-8(12-10(13)7-14-2)9-4-3-5-11-6-9/h3-6,8H,7H2,1-2H3,(H,12,13)/t8-/m1/s1. The van der Waals surface area contributed by atoms with Crippen LogP contribution in [0.2, 0.25) is 0 Å². The highest BCUT2D eigenvalue weighted by Crippen LogP contribution is 2.08. The van der Waals surface area contributed by atoms with Crippen LogP contribution < -0.4 is 5.32 Å². The molecule has 0 aliphatic rings. The number of carbonyl (C=O) groups is 1. The maximum Gasteiger partial charge on any atom is 0.246 e. The quantitative estimate of drug-likeness (QED) is 0.775. The molecule has 0 bridgehead atoms. The molecule has 0 aromatic carbocycles. The summed E-state index contributed by atoms with van der Waals surface area (Å²) in [5.41, 5.74) is 0.983. The van der Waals surface area contributed by atoms with Crippen LogP contribution in [0.15, 0.2) is 24.5 Å². The molecule has 0 fully saturated rings. The van der Waals surface area contributed by atoms with Gasteiger partial charge in [0.25, 0.3) is 0 Å². The van der Waals surface area contributed by atoms with Crippen LogP contribution >= 0.6 is 0 Å². The van der Waals surface area contributed by atoms with Crippen LogP contribution in [0.3, 0.4) is 0 Å². The summed E-state index contributed by atoms with van der Waals surface area (Å²) in [7, 11) is 1.49. The van der Waals surface area contributed by atoms with Crippen LogP contribution in [0, 0.1) is 0 Å². The lowest BCUT2D eigenvalue weighted by Gasteiger charge is -2.13. The first-order chi connectivity index (χ1) is 6.74. The lowest BCUT2D eigenvalue weighted by molar-refractivity contribution is -0.125. The van der Waals surface area contributed by atoms with Gasteiger partial charge in [-0.2, -0.15) is 0 Å². The maximum absolute atomic E-state index is 11.2. The Balaban J connectivity index is 2.50. The van der Waals surface area contributed by atoms with Crippen molar-refractivity contribution in [2.75, 3.05) is 13.7 Å². The molecule has 1 amide bonds. The zero-order valence-electron chi connectivity index (χ0n) is 8.36. The van der Waals surface area contributed by atoms with Crippen molar-refractivity contribution >= 4 is 5.91 Å². The number of nitrogens with zero attached hydrogens (tertiary/aromatic N) is 1. The third kappa shape index (κ3) is 3.14. The Morgan fingerprint density at radius 2 is 2.50 bits per heavy atom. The second kappa shape index (κ2) is 5.34. The minimum absolute atomic E-state index is 0.0358. The summed E-state index contributed by atoms with van der Waals surface area (Å²) in [6, 6.07) is 3.73. The predicted molar refractivity (Wildman–Crippen MR) is 52.7 cm³/mol. The second-order valence-electron chi connectivity index (χ2n) is 3.01. The Hall–Kier alpha value is -1.42. The van der Waals surface area contributed by atoms with E-state index in [0.717, 1.165) is 5.56 Å². The average molecular weight is 194 g/mol. The summed E-state index contributed by atoms with van der Waals surface area (Å²) >= 11 is 0. The van der Waals surface area contributed by atoms with Gasteiger partial charge in [-0.1, -0.05) is 6.07 Å². The van der Waals surface area contributed by atoms with Gasteiger partial charge in [-0.15, -0.1) is 0 Å². The van der Waals surface area contributed by atoms with Gasteiger partial charge < -0.3 is 10.1 Å². The van der Waals surface area contributed by atoms with E-state index < -0.39 is 0 Å². The summed E-state index contributed by atoms with van der Waals surface area (Å²) in [5, 5.41) is 2.79. The van der Waals surface area contributed by atoms with E-state index in [4.69, 9.17) is 4.74 Å². The molecule has 76 valence electrons. The molecule has 0 radical (unpaired) electrons. The molecule has 1 aromatic rings. The fraction of sp³-hybridized carbons (Fsp3) is 0.400. The maximum atomic E-state index is 11.2. The van der Waals surface area contributed by atoms with Crippen molar-refractivity contribution in [3.05, 3.63) is 30.1 Å². The molecule has 4 heteroatoms. The van der Waals surface area contributed by atoms with Gasteiger partial charge in [-0.05, 0) is 18.6 Å². The number of hydrogen-bond acceptors (Lipinski definition) is 3. The number of pyridine rings is 1. The molecule has 0 unspecified atom stereocenters. The largest absolute Gasteiger partial charge is 0.375 e. The minimum Gasteiger partial charge on any atom is -0.375 e. The Morgan fingerprint density at radius 3 is 3.07 bits per heavy atom. The number of amides is 1. The summed E-state index contributed by atoms with van der Waals surface area (Å²) in [6.45, 7) is 2.00. The molecular weight excluding hydrogens is 180 g/mol. The van der Waals surface area contributed by atoms with Crippen molar-refractivity contribution in [1.29, 1.82) is 0 Å². The number of rotatable bonds is 4. The minimum atomic E-state index is -0.121. The highest BCUT2D eigenvalue weighted by atomic mass is 16.5.